The first kappa shape index (κ1) is 24.6. The van der Waals surface area contributed by atoms with Gasteiger partial charge in [0.25, 0.3) is 5.91 Å². The van der Waals surface area contributed by atoms with Crippen molar-refractivity contribution in [3.05, 3.63) is 129 Å². The first-order valence-electron chi connectivity index (χ1n) is 12.6. The monoisotopic (exact) mass is 614 g/mol. The summed E-state index contributed by atoms with van der Waals surface area (Å²) in [5.74, 6) is 1.65. The van der Waals surface area contributed by atoms with Gasteiger partial charge in [0.2, 0.25) is 0 Å². The molecule has 1 amide bonds. The summed E-state index contributed by atoms with van der Waals surface area (Å²) in [6.45, 7) is 1.13. The van der Waals surface area contributed by atoms with Crippen LogP contribution in [0.2, 0.25) is 0 Å². The Morgan fingerprint density at radius 3 is 2.50 bits per heavy atom. The average Bonchev–Trinajstić information content (AvgIpc) is 3.34. The van der Waals surface area contributed by atoms with Crippen LogP contribution in [0.1, 0.15) is 38.8 Å². The Kier molecular flexibility index (Phi) is 6.81. The largest absolute Gasteiger partial charge is 0.497 e. The molecule has 1 N–H and O–H groups in total. The summed E-state index contributed by atoms with van der Waals surface area (Å²) in [4.78, 5) is 19.5. The van der Waals surface area contributed by atoms with Crippen LogP contribution in [-0.4, -0.2) is 29.4 Å². The number of aromatic nitrogens is 1. The molecule has 0 spiro atoms. The summed E-state index contributed by atoms with van der Waals surface area (Å²) in [5, 5.41) is 1.15. The van der Waals surface area contributed by atoms with Gasteiger partial charge in [-0.2, -0.15) is 0 Å². The number of methoxy groups -OCH3 is 1. The van der Waals surface area contributed by atoms with Crippen LogP contribution in [0.5, 0.6) is 11.5 Å². The summed E-state index contributed by atoms with van der Waals surface area (Å²) in [7, 11) is 1.69. The third-order valence-electron chi connectivity index (χ3n) is 7.11. The van der Waals surface area contributed by atoms with E-state index in [0.29, 0.717) is 18.7 Å². The van der Waals surface area contributed by atoms with E-state index in [1.165, 1.54) is 5.56 Å². The Bertz CT molecular complexity index is 1590. The molecule has 1 aliphatic heterocycles. The zero-order chi connectivity index (χ0) is 26.1. The van der Waals surface area contributed by atoms with Gasteiger partial charge in [-0.15, -0.1) is 0 Å². The van der Waals surface area contributed by atoms with Crippen molar-refractivity contribution in [1.29, 1.82) is 0 Å². The number of halogens is 1. The minimum atomic E-state index is -0.245. The number of H-pyrrole nitrogens is 1. The molecule has 1 aromatic heterocycles. The number of carbonyl (C=O) groups is 1. The highest BCUT2D eigenvalue weighted by Crippen LogP contribution is 2.40. The van der Waals surface area contributed by atoms with Gasteiger partial charge >= 0.3 is 0 Å². The maximum Gasteiger partial charge on any atom is 0.254 e. The molecule has 38 heavy (non-hydrogen) atoms. The molecule has 1 aliphatic rings. The van der Waals surface area contributed by atoms with E-state index in [2.05, 4.69) is 64.0 Å². The molecule has 0 fully saturated rings. The lowest BCUT2D eigenvalue weighted by atomic mass is 9.91. The van der Waals surface area contributed by atoms with Crippen LogP contribution in [0.15, 0.2) is 97.1 Å². The maximum absolute atomic E-state index is 13.9. The third kappa shape index (κ3) is 4.76. The number of benzene rings is 4. The van der Waals surface area contributed by atoms with E-state index in [9.17, 15) is 4.79 Å². The van der Waals surface area contributed by atoms with Crippen molar-refractivity contribution >= 4 is 39.4 Å². The van der Waals surface area contributed by atoms with Crippen LogP contribution in [0.3, 0.4) is 0 Å². The SMILES string of the molecule is COc1ccc2[nH]c3c(c2c1)CCN(C(=O)c1cccc(I)c1)C3c1ccc(OCc2ccccc2)cc1. The number of hydrogen-bond acceptors (Lipinski definition) is 3. The van der Waals surface area contributed by atoms with Gasteiger partial charge in [-0.3, -0.25) is 4.79 Å². The standard InChI is InChI=1S/C32H27IN2O3/c1-37-26-14-15-29-28(19-26)27-16-17-35(32(36)23-8-5-9-24(33)18-23)31(30(27)34-29)22-10-12-25(13-11-22)38-20-21-6-3-2-4-7-21/h2-15,18-19,31,34H,16-17,20H2,1H3. The lowest BCUT2D eigenvalue weighted by Gasteiger charge is -2.36. The van der Waals surface area contributed by atoms with Crippen molar-refractivity contribution in [2.24, 2.45) is 0 Å². The van der Waals surface area contributed by atoms with Gasteiger partial charge < -0.3 is 19.4 Å². The number of fused-ring (bicyclic) bond motifs is 3. The number of nitrogens with zero attached hydrogens (tertiary/aromatic N) is 1. The van der Waals surface area contributed by atoms with Crippen LogP contribution in [0.4, 0.5) is 0 Å². The molecule has 0 radical (unpaired) electrons. The number of amides is 1. The third-order valence-corrected chi connectivity index (χ3v) is 7.78. The van der Waals surface area contributed by atoms with E-state index in [0.717, 1.165) is 49.2 Å². The second-order valence-electron chi connectivity index (χ2n) is 9.43. The number of carbonyl (C=O) groups excluding carboxylic acids is 1. The number of ether oxygens (including phenoxy) is 2. The predicted molar refractivity (Wildman–Crippen MR) is 158 cm³/mol. The fourth-order valence-electron chi connectivity index (χ4n) is 5.23. The summed E-state index contributed by atoms with van der Waals surface area (Å²) < 4.78 is 12.6. The topological polar surface area (TPSA) is 54.6 Å². The highest BCUT2D eigenvalue weighted by Gasteiger charge is 2.35. The molecular formula is C32H27IN2O3. The Hall–Kier alpha value is -3.78. The lowest BCUT2D eigenvalue weighted by molar-refractivity contribution is 0.0692. The summed E-state index contributed by atoms with van der Waals surface area (Å²) in [6, 6.07) is 31.9. The zero-order valence-corrected chi connectivity index (χ0v) is 23.1. The highest BCUT2D eigenvalue weighted by atomic mass is 127. The predicted octanol–water partition coefficient (Wildman–Crippen LogP) is 7.15. The molecule has 0 saturated heterocycles. The van der Waals surface area contributed by atoms with Gasteiger partial charge in [-0.1, -0.05) is 48.5 Å². The van der Waals surface area contributed by atoms with E-state index < -0.39 is 0 Å². The van der Waals surface area contributed by atoms with Gasteiger partial charge in [-0.05, 0) is 94.2 Å². The average molecular weight is 614 g/mol. The summed E-state index contributed by atoms with van der Waals surface area (Å²) in [5.41, 5.74) is 6.20. The molecule has 190 valence electrons. The van der Waals surface area contributed by atoms with Crippen LogP contribution in [0.25, 0.3) is 10.9 Å². The fraction of sp³-hybridized carbons (Fsp3) is 0.156. The van der Waals surface area contributed by atoms with Crippen molar-refractivity contribution in [2.75, 3.05) is 13.7 Å². The number of hydrogen-bond donors (Lipinski definition) is 1. The van der Waals surface area contributed by atoms with Gasteiger partial charge in [0.15, 0.2) is 0 Å². The summed E-state index contributed by atoms with van der Waals surface area (Å²) in [6.07, 6.45) is 0.771. The van der Waals surface area contributed by atoms with Gasteiger partial charge in [-0.25, -0.2) is 0 Å². The van der Waals surface area contributed by atoms with E-state index in [1.54, 1.807) is 7.11 Å². The quantitative estimate of drug-likeness (QED) is 0.207. The molecule has 5 aromatic rings. The molecular weight excluding hydrogens is 587 g/mol. The molecule has 1 unspecified atom stereocenters. The van der Waals surface area contributed by atoms with Crippen molar-refractivity contribution in [3.63, 3.8) is 0 Å². The maximum atomic E-state index is 13.9. The minimum Gasteiger partial charge on any atom is -0.497 e. The molecule has 0 bridgehead atoms. The zero-order valence-electron chi connectivity index (χ0n) is 21.0. The van der Waals surface area contributed by atoms with Crippen LogP contribution < -0.4 is 9.47 Å². The molecule has 0 aliphatic carbocycles. The van der Waals surface area contributed by atoms with Crippen molar-refractivity contribution in [1.82, 2.24) is 9.88 Å². The molecule has 1 atom stereocenters. The second kappa shape index (κ2) is 10.5. The molecule has 6 rings (SSSR count). The molecule has 0 saturated carbocycles. The fourth-order valence-corrected chi connectivity index (χ4v) is 5.78. The van der Waals surface area contributed by atoms with Crippen LogP contribution in [-0.2, 0) is 13.0 Å². The molecule has 6 heteroatoms. The Morgan fingerprint density at radius 1 is 0.947 bits per heavy atom. The smallest absolute Gasteiger partial charge is 0.254 e. The van der Waals surface area contributed by atoms with E-state index in [4.69, 9.17) is 9.47 Å². The van der Waals surface area contributed by atoms with Crippen molar-refractivity contribution in [3.8, 4) is 11.5 Å². The molecule has 5 nitrogen and oxygen atoms in total. The Morgan fingerprint density at radius 2 is 1.74 bits per heavy atom. The number of rotatable bonds is 6. The van der Waals surface area contributed by atoms with Gasteiger partial charge in [0.05, 0.1) is 13.2 Å². The van der Waals surface area contributed by atoms with Crippen LogP contribution in [0, 0.1) is 3.57 Å². The first-order chi connectivity index (χ1) is 18.6. The van der Waals surface area contributed by atoms with E-state index in [1.807, 2.05) is 65.6 Å². The van der Waals surface area contributed by atoms with Gasteiger partial charge in [0.1, 0.15) is 18.1 Å². The van der Waals surface area contributed by atoms with Crippen molar-refractivity contribution in [2.45, 2.75) is 19.1 Å². The van der Waals surface area contributed by atoms with E-state index >= 15 is 0 Å². The first-order valence-corrected chi connectivity index (χ1v) is 13.7. The Labute approximate surface area is 235 Å². The normalized spacial score (nSPS) is 14.8. The summed E-state index contributed by atoms with van der Waals surface area (Å²) >= 11 is 2.26. The van der Waals surface area contributed by atoms with Crippen molar-refractivity contribution < 1.29 is 14.3 Å². The minimum absolute atomic E-state index is 0.0276. The number of nitrogens with one attached hydrogen (secondary N) is 1. The molecule has 4 aromatic carbocycles. The number of aromatic amines is 1. The van der Waals surface area contributed by atoms with Gasteiger partial charge in [0, 0.05) is 32.3 Å². The molecule has 2 heterocycles. The second-order valence-corrected chi connectivity index (χ2v) is 10.7. The van der Waals surface area contributed by atoms with E-state index in [-0.39, 0.29) is 11.9 Å². The van der Waals surface area contributed by atoms with Crippen LogP contribution >= 0.6 is 22.6 Å². The lowest BCUT2D eigenvalue weighted by Crippen LogP contribution is -2.40. The Balaban J connectivity index is 1.38. The highest BCUT2D eigenvalue weighted by molar-refractivity contribution is 14.1.